The van der Waals surface area contributed by atoms with Crippen molar-refractivity contribution in [2.75, 3.05) is 36.8 Å². The highest BCUT2D eigenvalue weighted by Gasteiger charge is 2.11. The van der Waals surface area contributed by atoms with Crippen LogP contribution in [0.25, 0.3) is 11.4 Å². The van der Waals surface area contributed by atoms with Crippen molar-refractivity contribution in [2.24, 2.45) is 0 Å². The van der Waals surface area contributed by atoms with E-state index in [1.54, 1.807) is 0 Å². The third kappa shape index (κ3) is 7.40. The maximum absolute atomic E-state index is 12.2. The van der Waals surface area contributed by atoms with Gasteiger partial charge in [-0.25, -0.2) is 9.97 Å². The van der Waals surface area contributed by atoms with Gasteiger partial charge >= 0.3 is 0 Å². The van der Waals surface area contributed by atoms with Crippen LogP contribution in [0.5, 0.6) is 0 Å². The Bertz CT molecular complexity index is 914. The summed E-state index contributed by atoms with van der Waals surface area (Å²) in [6.45, 7) is 3.60. The first-order valence-electron chi connectivity index (χ1n) is 10.8. The number of nitrogens with zero attached hydrogens (tertiary/aromatic N) is 2. The van der Waals surface area contributed by atoms with Gasteiger partial charge in [0.25, 0.3) is 0 Å². The maximum atomic E-state index is 12.2. The molecule has 0 aliphatic heterocycles. The molecular formula is C23H30N6O2. The Labute approximate surface area is 182 Å². The molecule has 0 bridgehead atoms. The van der Waals surface area contributed by atoms with Gasteiger partial charge in [-0.1, -0.05) is 36.4 Å². The van der Waals surface area contributed by atoms with Gasteiger partial charge in [0.05, 0.1) is 0 Å². The lowest BCUT2D eigenvalue weighted by atomic mass is 9.99. The number of amides is 2. The fourth-order valence-electron chi connectivity index (χ4n) is 3.30. The highest BCUT2D eigenvalue weighted by Crippen LogP contribution is 2.20. The number of carbonyl (C=O) groups excluding carboxylic acids is 2. The molecule has 0 unspecified atom stereocenters. The van der Waals surface area contributed by atoms with E-state index in [1.165, 1.54) is 6.92 Å². The molecule has 0 spiro atoms. The predicted octanol–water partition coefficient (Wildman–Crippen LogP) is 2.72. The Balaban J connectivity index is 1.59. The van der Waals surface area contributed by atoms with Crippen LogP contribution in [0.2, 0.25) is 0 Å². The van der Waals surface area contributed by atoms with Crippen molar-refractivity contribution in [1.82, 2.24) is 20.6 Å². The second kappa shape index (κ2) is 11.7. The fraction of sp³-hybridized carbons (Fsp3) is 0.391. The summed E-state index contributed by atoms with van der Waals surface area (Å²) in [5, 5.41) is 12.2. The summed E-state index contributed by atoms with van der Waals surface area (Å²) in [5.74, 6) is 1.89. The molecule has 2 aromatic rings. The van der Waals surface area contributed by atoms with Crippen molar-refractivity contribution in [2.45, 2.75) is 32.6 Å². The highest BCUT2D eigenvalue weighted by molar-refractivity contribution is 5.93. The molecule has 1 aromatic carbocycles. The lowest BCUT2D eigenvalue weighted by molar-refractivity contribution is -0.119. The third-order valence-corrected chi connectivity index (χ3v) is 4.86. The van der Waals surface area contributed by atoms with E-state index < -0.39 is 0 Å². The molecular weight excluding hydrogens is 392 g/mol. The van der Waals surface area contributed by atoms with Gasteiger partial charge in [-0.2, -0.15) is 0 Å². The number of hydrogen-bond donors (Lipinski definition) is 4. The molecule has 31 heavy (non-hydrogen) atoms. The number of anilines is 2. The number of hydrogen-bond acceptors (Lipinski definition) is 6. The zero-order valence-corrected chi connectivity index (χ0v) is 17.9. The summed E-state index contributed by atoms with van der Waals surface area (Å²) >= 11 is 0. The van der Waals surface area contributed by atoms with Gasteiger partial charge in [-0.3, -0.25) is 9.59 Å². The van der Waals surface area contributed by atoms with Gasteiger partial charge in [0.15, 0.2) is 5.82 Å². The summed E-state index contributed by atoms with van der Waals surface area (Å²) in [6, 6.07) is 11.6. The van der Waals surface area contributed by atoms with Gasteiger partial charge < -0.3 is 21.3 Å². The van der Waals surface area contributed by atoms with Gasteiger partial charge in [-0.05, 0) is 25.7 Å². The Morgan fingerprint density at radius 1 is 0.903 bits per heavy atom. The molecule has 8 heteroatoms. The number of nitrogens with one attached hydrogen (secondary N) is 4. The lowest BCUT2D eigenvalue weighted by Gasteiger charge is -2.14. The van der Waals surface area contributed by atoms with E-state index in [9.17, 15) is 9.59 Å². The molecule has 1 aliphatic rings. The van der Waals surface area contributed by atoms with Crippen molar-refractivity contribution in [3.05, 3.63) is 48.0 Å². The topological polar surface area (TPSA) is 108 Å². The van der Waals surface area contributed by atoms with Crippen LogP contribution in [0.1, 0.15) is 32.6 Å². The van der Waals surface area contributed by atoms with E-state index in [0.29, 0.717) is 43.6 Å². The van der Waals surface area contributed by atoms with Gasteiger partial charge in [0.1, 0.15) is 11.6 Å². The number of rotatable bonds is 10. The highest BCUT2D eigenvalue weighted by atomic mass is 16.2. The molecule has 1 aliphatic carbocycles. The monoisotopic (exact) mass is 422 g/mol. The molecule has 0 atom stereocenters. The lowest BCUT2D eigenvalue weighted by Crippen LogP contribution is -2.30. The van der Waals surface area contributed by atoms with Crippen LogP contribution in [-0.4, -0.2) is 48.0 Å². The molecule has 1 heterocycles. The van der Waals surface area contributed by atoms with Crippen LogP contribution in [0.3, 0.4) is 0 Å². The smallest absolute Gasteiger partial charge is 0.246 e. The van der Waals surface area contributed by atoms with Crippen LogP contribution in [-0.2, 0) is 9.59 Å². The maximum Gasteiger partial charge on any atom is 0.246 e. The summed E-state index contributed by atoms with van der Waals surface area (Å²) < 4.78 is 0. The first-order chi connectivity index (χ1) is 15.1. The molecule has 0 fully saturated rings. The Morgan fingerprint density at radius 3 is 2.19 bits per heavy atom. The fourth-order valence-corrected chi connectivity index (χ4v) is 3.30. The molecule has 164 valence electrons. The van der Waals surface area contributed by atoms with Crippen LogP contribution < -0.4 is 21.3 Å². The summed E-state index contributed by atoms with van der Waals surface area (Å²) in [5.41, 5.74) is 1.80. The van der Waals surface area contributed by atoms with E-state index in [0.717, 1.165) is 36.8 Å². The molecule has 4 N–H and O–H groups in total. The number of carbonyl (C=O) groups is 2. The number of benzene rings is 1. The zero-order chi connectivity index (χ0) is 21.9. The quantitative estimate of drug-likeness (QED) is 0.439. The first kappa shape index (κ1) is 22.3. The van der Waals surface area contributed by atoms with Gasteiger partial charge in [-0.15, -0.1) is 0 Å². The van der Waals surface area contributed by atoms with E-state index in [2.05, 4.69) is 31.2 Å². The molecule has 0 saturated carbocycles. The Morgan fingerprint density at radius 2 is 1.58 bits per heavy atom. The second-order valence-corrected chi connectivity index (χ2v) is 7.40. The van der Waals surface area contributed by atoms with E-state index in [1.807, 2.05) is 42.5 Å². The summed E-state index contributed by atoms with van der Waals surface area (Å²) in [7, 11) is 0. The van der Waals surface area contributed by atoms with E-state index in [4.69, 9.17) is 0 Å². The number of aromatic nitrogens is 2. The minimum atomic E-state index is -0.0668. The van der Waals surface area contributed by atoms with E-state index >= 15 is 0 Å². The molecule has 0 saturated heterocycles. The average molecular weight is 423 g/mol. The molecule has 0 radical (unpaired) electrons. The van der Waals surface area contributed by atoms with E-state index in [-0.39, 0.29) is 11.8 Å². The first-order valence-corrected chi connectivity index (χ1v) is 10.8. The minimum Gasteiger partial charge on any atom is -0.368 e. The van der Waals surface area contributed by atoms with Crippen molar-refractivity contribution >= 4 is 23.5 Å². The SMILES string of the molecule is CC(=O)NCCNc1cc(NCCNC(=O)C2=CCCCC2)nc(-c2ccccc2)n1. The van der Waals surface area contributed by atoms with Crippen LogP contribution in [0.4, 0.5) is 11.6 Å². The average Bonchev–Trinajstić information content (AvgIpc) is 2.80. The van der Waals surface area contributed by atoms with Gasteiger partial charge in [0, 0.05) is 50.3 Å². The van der Waals surface area contributed by atoms with Gasteiger partial charge in [0.2, 0.25) is 11.8 Å². The largest absolute Gasteiger partial charge is 0.368 e. The van der Waals surface area contributed by atoms with Crippen molar-refractivity contribution in [1.29, 1.82) is 0 Å². The number of allylic oxidation sites excluding steroid dienone is 1. The normalized spacial score (nSPS) is 13.1. The predicted molar refractivity (Wildman–Crippen MR) is 123 cm³/mol. The van der Waals surface area contributed by atoms with Crippen LogP contribution >= 0.6 is 0 Å². The standard InChI is InChI=1S/C23H30N6O2/c1-17(30)24-12-13-25-20-16-21(29-22(28-20)18-8-4-2-5-9-18)26-14-15-27-23(31)19-10-6-3-7-11-19/h2,4-5,8-10,16H,3,6-7,11-15H2,1H3,(H,24,30)(H,27,31)(H2,25,26,28,29). The summed E-state index contributed by atoms with van der Waals surface area (Å²) in [6.07, 6.45) is 6.14. The molecule has 8 nitrogen and oxygen atoms in total. The third-order valence-electron chi connectivity index (χ3n) is 4.86. The molecule has 3 rings (SSSR count). The molecule has 1 aromatic heterocycles. The van der Waals surface area contributed by atoms with Crippen LogP contribution in [0.15, 0.2) is 48.0 Å². The Hall–Kier alpha value is -3.42. The van der Waals surface area contributed by atoms with Crippen LogP contribution in [0, 0.1) is 0 Å². The Kier molecular flexibility index (Phi) is 8.39. The van der Waals surface area contributed by atoms with Crippen molar-refractivity contribution in [3.8, 4) is 11.4 Å². The zero-order valence-electron chi connectivity index (χ0n) is 17.9. The second-order valence-electron chi connectivity index (χ2n) is 7.40. The minimum absolute atomic E-state index is 0.0227. The summed E-state index contributed by atoms with van der Waals surface area (Å²) in [4.78, 5) is 32.5. The van der Waals surface area contributed by atoms with Crippen molar-refractivity contribution in [3.63, 3.8) is 0 Å². The van der Waals surface area contributed by atoms with Crippen molar-refractivity contribution < 1.29 is 9.59 Å². The molecule has 2 amide bonds.